The number of thiazole rings is 1. The average molecular weight is 433 g/mol. The third kappa shape index (κ3) is 2.79. The van der Waals surface area contributed by atoms with Crippen molar-refractivity contribution in [2.45, 2.75) is 64.5 Å². The molecule has 0 aromatic carbocycles. The van der Waals surface area contributed by atoms with E-state index in [0.29, 0.717) is 5.92 Å². The smallest absolute Gasteiger partial charge is 0.351 e. The van der Waals surface area contributed by atoms with Crippen LogP contribution in [0.4, 0.5) is 14.6 Å². The van der Waals surface area contributed by atoms with E-state index in [2.05, 4.69) is 15.0 Å². The van der Waals surface area contributed by atoms with Gasteiger partial charge in [0.05, 0.1) is 23.8 Å². The van der Waals surface area contributed by atoms with Crippen LogP contribution < -0.4 is 10.6 Å². The number of anilines is 1. The summed E-state index contributed by atoms with van der Waals surface area (Å²) >= 11 is 1.81. The Hall–Kier alpha value is -2.36. The second-order valence-electron chi connectivity index (χ2n) is 8.78. The van der Waals surface area contributed by atoms with Crippen molar-refractivity contribution in [2.24, 2.45) is 5.92 Å². The summed E-state index contributed by atoms with van der Waals surface area (Å²) in [4.78, 5) is 25.8. The van der Waals surface area contributed by atoms with Crippen molar-refractivity contribution in [1.29, 1.82) is 0 Å². The third-order valence-corrected chi connectivity index (χ3v) is 7.81. The molecule has 0 spiro atoms. The highest BCUT2D eigenvalue weighted by molar-refractivity contribution is 7.11. The molecule has 2 saturated carbocycles. The molecule has 7 nitrogen and oxygen atoms in total. The van der Waals surface area contributed by atoms with Crippen molar-refractivity contribution < 1.29 is 8.78 Å². The minimum Gasteiger partial charge on any atom is -0.351 e. The highest BCUT2D eigenvalue weighted by Gasteiger charge is 2.57. The number of aromatic nitrogens is 5. The molecule has 0 saturated heterocycles. The molecule has 3 aliphatic rings. The maximum atomic E-state index is 13.3. The normalized spacial score (nSPS) is 22.5. The van der Waals surface area contributed by atoms with Crippen LogP contribution in [0.15, 0.2) is 4.79 Å². The SMILES string of the molecule is Cc1c(N2CCc3nc(C4CC4)sc3C2)nc2nn(CC3CC3(F)F)c(=O)n2c1C. The molecular formula is C20H22F2N6OS. The van der Waals surface area contributed by atoms with Gasteiger partial charge in [0.2, 0.25) is 0 Å². The van der Waals surface area contributed by atoms with E-state index in [4.69, 9.17) is 4.98 Å². The molecule has 30 heavy (non-hydrogen) atoms. The van der Waals surface area contributed by atoms with Gasteiger partial charge in [-0.25, -0.2) is 27.6 Å². The molecule has 6 rings (SSSR count). The molecule has 3 aromatic heterocycles. The van der Waals surface area contributed by atoms with Gasteiger partial charge in [-0.2, -0.15) is 4.98 Å². The lowest BCUT2D eigenvalue weighted by Crippen LogP contribution is -2.32. The first-order valence-corrected chi connectivity index (χ1v) is 11.2. The van der Waals surface area contributed by atoms with E-state index in [0.717, 1.165) is 41.3 Å². The van der Waals surface area contributed by atoms with E-state index < -0.39 is 17.5 Å². The van der Waals surface area contributed by atoms with Crippen LogP contribution in [0.5, 0.6) is 0 Å². The molecule has 1 atom stereocenters. The molecule has 2 fully saturated rings. The number of aryl methyl sites for hydroxylation is 1. The van der Waals surface area contributed by atoms with Gasteiger partial charge in [-0.05, 0) is 26.7 Å². The summed E-state index contributed by atoms with van der Waals surface area (Å²) in [6.45, 7) is 5.31. The second-order valence-corrected chi connectivity index (χ2v) is 9.89. The zero-order valence-electron chi connectivity index (χ0n) is 16.9. The second kappa shape index (κ2) is 6.09. The molecule has 10 heteroatoms. The molecule has 1 unspecified atom stereocenters. The molecule has 0 N–H and O–H groups in total. The van der Waals surface area contributed by atoms with E-state index in [9.17, 15) is 13.6 Å². The van der Waals surface area contributed by atoms with Crippen molar-refractivity contribution in [3.05, 3.63) is 37.3 Å². The third-order valence-electron chi connectivity index (χ3n) is 6.56. The molecule has 158 valence electrons. The van der Waals surface area contributed by atoms with Gasteiger partial charge in [-0.3, -0.25) is 0 Å². The number of hydrogen-bond acceptors (Lipinski definition) is 6. The minimum absolute atomic E-state index is 0.0686. The Morgan fingerprint density at radius 1 is 1.23 bits per heavy atom. The van der Waals surface area contributed by atoms with E-state index in [1.807, 2.05) is 25.2 Å². The minimum atomic E-state index is -2.68. The summed E-state index contributed by atoms with van der Waals surface area (Å²) in [5.41, 5.74) is 2.48. The fourth-order valence-electron chi connectivity index (χ4n) is 4.27. The van der Waals surface area contributed by atoms with Gasteiger partial charge >= 0.3 is 5.69 Å². The lowest BCUT2D eigenvalue weighted by Gasteiger charge is -2.28. The maximum Gasteiger partial charge on any atom is 0.351 e. The zero-order chi connectivity index (χ0) is 20.8. The van der Waals surface area contributed by atoms with Crippen LogP contribution in [0.3, 0.4) is 0 Å². The molecular weight excluding hydrogens is 410 g/mol. The van der Waals surface area contributed by atoms with E-state index in [-0.39, 0.29) is 18.7 Å². The number of halogens is 2. The first kappa shape index (κ1) is 18.4. The number of nitrogens with zero attached hydrogens (tertiary/aromatic N) is 6. The predicted molar refractivity (Wildman–Crippen MR) is 109 cm³/mol. The number of alkyl halides is 2. The van der Waals surface area contributed by atoms with Gasteiger partial charge in [0.15, 0.2) is 0 Å². The van der Waals surface area contributed by atoms with Crippen LogP contribution >= 0.6 is 11.3 Å². The molecule has 3 aromatic rings. The van der Waals surface area contributed by atoms with Crippen molar-refractivity contribution in [3.63, 3.8) is 0 Å². The summed E-state index contributed by atoms with van der Waals surface area (Å²) in [5.74, 6) is -1.76. The Morgan fingerprint density at radius 2 is 2.00 bits per heavy atom. The van der Waals surface area contributed by atoms with Crippen LogP contribution in [-0.4, -0.2) is 36.6 Å². The maximum absolute atomic E-state index is 13.3. The number of fused-ring (bicyclic) bond motifs is 2. The fraction of sp³-hybridized carbons (Fsp3) is 0.600. The van der Waals surface area contributed by atoms with Crippen molar-refractivity contribution in [3.8, 4) is 0 Å². The quantitative estimate of drug-likeness (QED) is 0.634. The lowest BCUT2D eigenvalue weighted by atomic mass is 10.1. The van der Waals surface area contributed by atoms with Gasteiger partial charge in [0.25, 0.3) is 11.7 Å². The molecule has 0 bridgehead atoms. The Bertz CT molecular complexity index is 1240. The van der Waals surface area contributed by atoms with Gasteiger partial charge in [-0.1, -0.05) is 0 Å². The lowest BCUT2D eigenvalue weighted by molar-refractivity contribution is 0.0939. The van der Waals surface area contributed by atoms with E-state index in [1.165, 1.54) is 32.8 Å². The largest absolute Gasteiger partial charge is 0.351 e. The van der Waals surface area contributed by atoms with E-state index >= 15 is 0 Å². The van der Waals surface area contributed by atoms with E-state index in [1.54, 1.807) is 0 Å². The standard InChI is InChI=1S/C20H22F2N6OS/c1-10-11(2)28-18(25-27(19(28)29)8-13-7-20(13,21)22)24-16(10)26-6-5-14-15(9-26)30-17(23-14)12-3-4-12/h12-13H,3-9H2,1-2H3. The predicted octanol–water partition coefficient (Wildman–Crippen LogP) is 3.06. The highest BCUT2D eigenvalue weighted by Crippen LogP contribution is 2.49. The summed E-state index contributed by atoms with van der Waals surface area (Å²) < 4.78 is 29.2. The molecule has 0 radical (unpaired) electrons. The number of hydrogen-bond donors (Lipinski definition) is 0. The fourth-order valence-corrected chi connectivity index (χ4v) is 5.57. The van der Waals surface area contributed by atoms with Crippen LogP contribution in [-0.2, 0) is 19.5 Å². The first-order valence-electron chi connectivity index (χ1n) is 10.4. The van der Waals surface area contributed by atoms with Gasteiger partial charge in [-0.15, -0.1) is 16.4 Å². The molecule has 0 amide bonds. The Kier molecular flexibility index (Phi) is 3.74. The summed E-state index contributed by atoms with van der Waals surface area (Å²) in [7, 11) is 0. The monoisotopic (exact) mass is 432 g/mol. The van der Waals surface area contributed by atoms with Gasteiger partial charge in [0.1, 0.15) is 5.82 Å². The first-order chi connectivity index (χ1) is 14.3. The zero-order valence-corrected chi connectivity index (χ0v) is 17.7. The van der Waals surface area contributed by atoms with Crippen LogP contribution in [0.1, 0.15) is 52.0 Å². The van der Waals surface area contributed by atoms with Crippen molar-refractivity contribution >= 4 is 22.9 Å². The topological polar surface area (TPSA) is 68.3 Å². The van der Waals surface area contributed by atoms with Crippen molar-refractivity contribution in [1.82, 2.24) is 24.1 Å². The average Bonchev–Trinajstić information content (AvgIpc) is 3.57. The van der Waals surface area contributed by atoms with Gasteiger partial charge in [0, 0.05) is 47.4 Å². The van der Waals surface area contributed by atoms with Crippen LogP contribution in [0.25, 0.3) is 5.78 Å². The highest BCUT2D eigenvalue weighted by atomic mass is 32.1. The van der Waals surface area contributed by atoms with Crippen LogP contribution in [0, 0.1) is 19.8 Å². The molecule has 4 heterocycles. The van der Waals surface area contributed by atoms with Gasteiger partial charge < -0.3 is 4.90 Å². The Balaban J connectivity index is 1.35. The molecule has 1 aliphatic heterocycles. The summed E-state index contributed by atoms with van der Waals surface area (Å²) in [5, 5.41) is 5.55. The number of rotatable bonds is 4. The Morgan fingerprint density at radius 3 is 2.70 bits per heavy atom. The van der Waals surface area contributed by atoms with Crippen molar-refractivity contribution in [2.75, 3.05) is 11.4 Å². The van der Waals surface area contributed by atoms with Crippen LogP contribution in [0.2, 0.25) is 0 Å². The Labute approximate surface area is 175 Å². The summed E-state index contributed by atoms with van der Waals surface area (Å²) in [6, 6.07) is 0. The summed E-state index contributed by atoms with van der Waals surface area (Å²) in [6.07, 6.45) is 3.19. The molecule has 2 aliphatic carbocycles.